The first-order valence-electron chi connectivity index (χ1n) is 6.92. The molecule has 1 saturated heterocycles. The number of thiophene rings is 1. The Hall–Kier alpha value is -1.39. The normalized spacial score (nSPS) is 18.2. The van der Waals surface area contributed by atoms with Gasteiger partial charge in [0.05, 0.1) is 6.04 Å². The van der Waals surface area contributed by atoms with E-state index in [1.165, 1.54) is 23.3 Å². The number of anilines is 1. The van der Waals surface area contributed by atoms with E-state index in [0.717, 1.165) is 17.3 Å². The number of nitrogens with one attached hydrogen (secondary N) is 1. The summed E-state index contributed by atoms with van der Waals surface area (Å²) in [6.45, 7) is 3.13. The number of nitrogens with zero attached hydrogens (tertiary/aromatic N) is 1. The molecule has 0 saturated carbocycles. The number of thiocarbonyl (C=S) groups is 1. The standard InChI is InChI=1S/C16H18N2S2/c1-12-6-8-13(9-7-12)17-16(19)18-10-2-4-14(18)15-5-3-11-20-15/h3,5-9,11,14H,2,4,10H2,1H3,(H,17,19)/t14-/m0/s1. The van der Waals surface area contributed by atoms with Crippen LogP contribution in [0.1, 0.15) is 29.3 Å². The second-order valence-corrected chi connectivity index (χ2v) is 6.53. The first-order valence-corrected chi connectivity index (χ1v) is 8.20. The molecule has 0 aliphatic carbocycles. The van der Waals surface area contributed by atoms with Gasteiger partial charge in [-0.25, -0.2) is 0 Å². The molecule has 2 aromatic rings. The molecule has 20 heavy (non-hydrogen) atoms. The van der Waals surface area contributed by atoms with E-state index in [0.29, 0.717) is 6.04 Å². The predicted octanol–water partition coefficient (Wildman–Crippen LogP) is 4.59. The van der Waals surface area contributed by atoms with Gasteiger partial charge in [-0.1, -0.05) is 23.8 Å². The summed E-state index contributed by atoms with van der Waals surface area (Å²) < 4.78 is 0. The van der Waals surface area contributed by atoms with Crippen LogP contribution in [-0.4, -0.2) is 16.6 Å². The monoisotopic (exact) mass is 302 g/mol. The third kappa shape index (κ3) is 2.86. The third-order valence-electron chi connectivity index (χ3n) is 3.69. The smallest absolute Gasteiger partial charge is 0.173 e. The number of rotatable bonds is 2. The average molecular weight is 302 g/mol. The van der Waals surface area contributed by atoms with E-state index in [-0.39, 0.29) is 0 Å². The molecule has 0 unspecified atom stereocenters. The van der Waals surface area contributed by atoms with E-state index in [4.69, 9.17) is 12.2 Å². The summed E-state index contributed by atoms with van der Waals surface area (Å²) in [5.74, 6) is 0. The van der Waals surface area contributed by atoms with Crippen LogP contribution in [0.3, 0.4) is 0 Å². The molecule has 1 aliphatic rings. The second-order valence-electron chi connectivity index (χ2n) is 5.16. The molecule has 2 nitrogen and oxygen atoms in total. The first-order chi connectivity index (χ1) is 9.74. The van der Waals surface area contributed by atoms with Crippen molar-refractivity contribution in [2.24, 2.45) is 0 Å². The lowest BCUT2D eigenvalue weighted by atomic mass is 10.2. The highest BCUT2D eigenvalue weighted by Crippen LogP contribution is 2.34. The van der Waals surface area contributed by atoms with E-state index >= 15 is 0 Å². The fraction of sp³-hybridized carbons (Fsp3) is 0.312. The number of aryl methyl sites for hydroxylation is 1. The SMILES string of the molecule is Cc1ccc(NC(=S)N2CCC[C@H]2c2cccs2)cc1. The van der Waals surface area contributed by atoms with Gasteiger partial charge in [0.25, 0.3) is 0 Å². The summed E-state index contributed by atoms with van der Waals surface area (Å²) in [6.07, 6.45) is 2.40. The molecular formula is C16H18N2S2. The molecule has 1 fully saturated rings. The van der Waals surface area contributed by atoms with E-state index in [1.807, 2.05) is 11.3 Å². The van der Waals surface area contributed by atoms with Gasteiger partial charge in [-0.2, -0.15) is 0 Å². The molecule has 0 bridgehead atoms. The van der Waals surface area contributed by atoms with Crippen LogP contribution in [0.15, 0.2) is 41.8 Å². The summed E-state index contributed by atoms with van der Waals surface area (Å²) in [6, 6.07) is 13.1. The zero-order valence-corrected chi connectivity index (χ0v) is 13.1. The van der Waals surface area contributed by atoms with Crippen molar-refractivity contribution in [2.45, 2.75) is 25.8 Å². The Morgan fingerprint density at radius 3 is 2.80 bits per heavy atom. The van der Waals surface area contributed by atoms with Crippen LogP contribution in [0, 0.1) is 6.92 Å². The van der Waals surface area contributed by atoms with Crippen LogP contribution in [0.2, 0.25) is 0 Å². The van der Waals surface area contributed by atoms with Crippen molar-refractivity contribution in [1.82, 2.24) is 4.90 Å². The molecule has 1 N–H and O–H groups in total. The summed E-state index contributed by atoms with van der Waals surface area (Å²) in [5.41, 5.74) is 2.33. The van der Waals surface area contributed by atoms with E-state index in [2.05, 4.69) is 58.9 Å². The fourth-order valence-electron chi connectivity index (χ4n) is 2.62. The highest BCUT2D eigenvalue weighted by atomic mass is 32.1. The lowest BCUT2D eigenvalue weighted by Crippen LogP contribution is -2.33. The lowest BCUT2D eigenvalue weighted by molar-refractivity contribution is 0.412. The molecule has 1 aromatic heterocycles. The van der Waals surface area contributed by atoms with Crippen LogP contribution in [0.25, 0.3) is 0 Å². The van der Waals surface area contributed by atoms with E-state index < -0.39 is 0 Å². The van der Waals surface area contributed by atoms with Gasteiger partial charge in [0.2, 0.25) is 0 Å². The highest BCUT2D eigenvalue weighted by Gasteiger charge is 2.28. The molecule has 0 spiro atoms. The maximum atomic E-state index is 5.60. The quantitative estimate of drug-likeness (QED) is 0.817. The summed E-state index contributed by atoms with van der Waals surface area (Å²) in [7, 11) is 0. The van der Waals surface area contributed by atoms with Gasteiger partial charge in [0.1, 0.15) is 0 Å². The van der Waals surface area contributed by atoms with E-state index in [9.17, 15) is 0 Å². The Balaban J connectivity index is 1.71. The Morgan fingerprint density at radius 1 is 1.30 bits per heavy atom. The maximum absolute atomic E-state index is 5.60. The minimum Gasteiger partial charge on any atom is -0.341 e. The van der Waals surface area contributed by atoms with Crippen LogP contribution < -0.4 is 5.32 Å². The van der Waals surface area contributed by atoms with Gasteiger partial charge in [-0.3, -0.25) is 0 Å². The van der Waals surface area contributed by atoms with Gasteiger partial charge >= 0.3 is 0 Å². The first kappa shape index (κ1) is 13.6. The predicted molar refractivity (Wildman–Crippen MR) is 90.4 cm³/mol. The molecule has 104 valence electrons. The number of benzene rings is 1. The molecule has 1 aliphatic heterocycles. The average Bonchev–Trinajstić information content (AvgIpc) is 3.11. The highest BCUT2D eigenvalue weighted by molar-refractivity contribution is 7.80. The van der Waals surface area contributed by atoms with Crippen LogP contribution in [0.5, 0.6) is 0 Å². The van der Waals surface area contributed by atoms with Crippen molar-refractivity contribution < 1.29 is 0 Å². The van der Waals surface area contributed by atoms with Gasteiger partial charge in [-0.15, -0.1) is 11.3 Å². The number of hydrogen-bond acceptors (Lipinski definition) is 2. The molecule has 1 aromatic carbocycles. The largest absolute Gasteiger partial charge is 0.341 e. The van der Waals surface area contributed by atoms with Gasteiger partial charge < -0.3 is 10.2 Å². The van der Waals surface area contributed by atoms with Crippen molar-refractivity contribution >= 4 is 34.4 Å². The van der Waals surface area contributed by atoms with Crippen molar-refractivity contribution in [2.75, 3.05) is 11.9 Å². The summed E-state index contributed by atoms with van der Waals surface area (Å²) in [5, 5.41) is 6.34. The fourth-order valence-corrected chi connectivity index (χ4v) is 3.83. The molecule has 0 amide bonds. The molecule has 2 heterocycles. The van der Waals surface area contributed by atoms with Crippen LogP contribution >= 0.6 is 23.6 Å². The Morgan fingerprint density at radius 2 is 2.10 bits per heavy atom. The van der Waals surface area contributed by atoms with Crippen LogP contribution in [-0.2, 0) is 0 Å². The van der Waals surface area contributed by atoms with Gasteiger partial charge in [-0.05, 0) is 55.6 Å². The number of hydrogen-bond donors (Lipinski definition) is 1. The zero-order chi connectivity index (χ0) is 13.9. The van der Waals surface area contributed by atoms with Crippen LogP contribution in [0.4, 0.5) is 5.69 Å². The molecule has 3 rings (SSSR count). The Labute approximate surface area is 129 Å². The van der Waals surface area contributed by atoms with Gasteiger partial charge in [0.15, 0.2) is 5.11 Å². The summed E-state index contributed by atoms with van der Waals surface area (Å²) >= 11 is 7.42. The topological polar surface area (TPSA) is 15.3 Å². The lowest BCUT2D eigenvalue weighted by Gasteiger charge is -2.27. The number of likely N-dealkylation sites (tertiary alicyclic amines) is 1. The summed E-state index contributed by atoms with van der Waals surface area (Å²) in [4.78, 5) is 3.73. The Bertz CT molecular complexity index is 575. The molecule has 0 radical (unpaired) electrons. The van der Waals surface area contributed by atoms with Crippen molar-refractivity contribution in [3.63, 3.8) is 0 Å². The minimum atomic E-state index is 0.445. The minimum absolute atomic E-state index is 0.445. The third-order valence-corrected chi connectivity index (χ3v) is 5.00. The molecular weight excluding hydrogens is 284 g/mol. The maximum Gasteiger partial charge on any atom is 0.173 e. The van der Waals surface area contributed by atoms with Crippen molar-refractivity contribution in [1.29, 1.82) is 0 Å². The van der Waals surface area contributed by atoms with Crippen molar-refractivity contribution in [3.05, 3.63) is 52.2 Å². The molecule has 4 heteroatoms. The zero-order valence-electron chi connectivity index (χ0n) is 11.5. The van der Waals surface area contributed by atoms with Crippen molar-refractivity contribution in [3.8, 4) is 0 Å². The van der Waals surface area contributed by atoms with Gasteiger partial charge in [0, 0.05) is 17.1 Å². The second kappa shape index (κ2) is 5.94. The van der Waals surface area contributed by atoms with E-state index in [1.54, 1.807) is 0 Å². The Kier molecular flexibility index (Phi) is 4.03. The molecule has 1 atom stereocenters.